The van der Waals surface area contributed by atoms with Gasteiger partial charge < -0.3 is 4.90 Å². The third kappa shape index (κ3) is 3.81. The molecule has 2 saturated heterocycles. The first kappa shape index (κ1) is 19.1. The topological polar surface area (TPSA) is 71.5 Å². The number of rotatable bonds is 4. The van der Waals surface area contributed by atoms with E-state index in [-0.39, 0.29) is 17.9 Å². The summed E-state index contributed by atoms with van der Waals surface area (Å²) in [6.45, 7) is 1.84. The van der Waals surface area contributed by atoms with E-state index in [1.165, 1.54) is 23.0 Å². The lowest BCUT2D eigenvalue weighted by molar-refractivity contribution is -0.182. The standard InChI is InChI=1S/C19H22FN5O2S/c1-28-17-15(20)12-22-19(23-17)24-8-4-13(5-9-24)18(26)25-16(6-10-27-25)14-3-2-7-21-11-14/h2-3,7,11-13,16H,4-6,8-10H2,1H3/t16-/m0/s1. The first-order valence-electron chi connectivity index (χ1n) is 9.34. The number of hydrogen-bond donors (Lipinski definition) is 0. The fourth-order valence-electron chi connectivity index (χ4n) is 3.71. The average molecular weight is 403 g/mol. The Hall–Kier alpha value is -2.26. The Labute approximate surface area is 167 Å². The second kappa shape index (κ2) is 8.40. The molecule has 0 aromatic carbocycles. The van der Waals surface area contributed by atoms with E-state index >= 15 is 0 Å². The Kier molecular flexibility index (Phi) is 5.72. The number of pyridine rings is 1. The molecule has 0 spiro atoms. The maximum atomic E-state index is 13.6. The SMILES string of the molecule is CSc1nc(N2CCC(C(=O)N3OCC[C@H]3c3cccnc3)CC2)ncc1F. The van der Waals surface area contributed by atoms with Crippen LogP contribution in [0.25, 0.3) is 0 Å². The van der Waals surface area contributed by atoms with Gasteiger partial charge in [-0.05, 0) is 30.7 Å². The highest BCUT2D eigenvalue weighted by Gasteiger charge is 2.37. The van der Waals surface area contributed by atoms with Crippen molar-refractivity contribution in [1.29, 1.82) is 0 Å². The number of carbonyl (C=O) groups is 1. The molecule has 148 valence electrons. The quantitative estimate of drug-likeness (QED) is 0.574. The minimum absolute atomic E-state index is 0.0239. The first-order valence-corrected chi connectivity index (χ1v) is 10.6. The summed E-state index contributed by atoms with van der Waals surface area (Å²) in [5.74, 6) is 0.0288. The highest BCUT2D eigenvalue weighted by Crippen LogP contribution is 2.33. The minimum atomic E-state index is -0.408. The monoisotopic (exact) mass is 403 g/mol. The van der Waals surface area contributed by atoms with Crippen molar-refractivity contribution in [3.63, 3.8) is 0 Å². The van der Waals surface area contributed by atoms with Crippen molar-refractivity contribution in [3.05, 3.63) is 42.1 Å². The average Bonchev–Trinajstić information content (AvgIpc) is 3.24. The van der Waals surface area contributed by atoms with Crippen LogP contribution in [0.3, 0.4) is 0 Å². The molecule has 2 aromatic heterocycles. The summed E-state index contributed by atoms with van der Waals surface area (Å²) in [7, 11) is 0. The number of thioether (sulfide) groups is 1. The molecule has 1 atom stereocenters. The Morgan fingerprint density at radius 2 is 2.11 bits per heavy atom. The smallest absolute Gasteiger partial charge is 0.249 e. The molecule has 0 radical (unpaired) electrons. The molecule has 2 aromatic rings. The highest BCUT2D eigenvalue weighted by molar-refractivity contribution is 7.98. The van der Waals surface area contributed by atoms with Gasteiger partial charge in [-0.25, -0.2) is 19.4 Å². The number of amides is 1. The summed E-state index contributed by atoms with van der Waals surface area (Å²) in [6, 6.07) is 3.77. The normalized spacial score (nSPS) is 20.6. The number of aromatic nitrogens is 3. The predicted molar refractivity (Wildman–Crippen MR) is 103 cm³/mol. The van der Waals surface area contributed by atoms with Crippen molar-refractivity contribution >= 4 is 23.6 Å². The zero-order valence-electron chi connectivity index (χ0n) is 15.6. The molecule has 4 heterocycles. The van der Waals surface area contributed by atoms with Crippen LogP contribution >= 0.6 is 11.8 Å². The van der Waals surface area contributed by atoms with Gasteiger partial charge in [0.2, 0.25) is 11.9 Å². The summed E-state index contributed by atoms with van der Waals surface area (Å²) < 4.78 is 13.6. The molecule has 0 saturated carbocycles. The maximum absolute atomic E-state index is 13.6. The predicted octanol–water partition coefficient (Wildman–Crippen LogP) is 2.85. The number of halogens is 1. The van der Waals surface area contributed by atoms with Gasteiger partial charge >= 0.3 is 0 Å². The Bertz CT molecular complexity index is 832. The fraction of sp³-hybridized carbons (Fsp3) is 0.474. The maximum Gasteiger partial charge on any atom is 0.249 e. The first-order chi connectivity index (χ1) is 13.7. The van der Waals surface area contributed by atoms with Gasteiger partial charge in [-0.1, -0.05) is 6.07 Å². The van der Waals surface area contributed by atoms with Gasteiger partial charge in [0.15, 0.2) is 5.82 Å². The molecule has 2 aliphatic heterocycles. The molecular weight excluding hydrogens is 381 g/mol. The number of nitrogens with zero attached hydrogens (tertiary/aromatic N) is 5. The van der Waals surface area contributed by atoms with E-state index < -0.39 is 5.82 Å². The molecular formula is C19H22FN5O2S. The van der Waals surface area contributed by atoms with Crippen molar-refractivity contribution in [1.82, 2.24) is 20.0 Å². The van der Waals surface area contributed by atoms with E-state index in [2.05, 4.69) is 15.0 Å². The third-order valence-electron chi connectivity index (χ3n) is 5.21. The second-order valence-corrected chi connectivity index (χ2v) is 7.67. The van der Waals surface area contributed by atoms with Crippen molar-refractivity contribution in [2.75, 3.05) is 30.9 Å². The lowest BCUT2D eigenvalue weighted by Gasteiger charge is -2.34. The molecule has 0 aliphatic carbocycles. The van der Waals surface area contributed by atoms with Gasteiger partial charge in [-0.15, -0.1) is 11.8 Å². The molecule has 2 aliphatic rings. The number of anilines is 1. The molecule has 0 N–H and O–H groups in total. The van der Waals surface area contributed by atoms with Crippen LogP contribution in [0.4, 0.5) is 10.3 Å². The van der Waals surface area contributed by atoms with Crippen LogP contribution in [0.15, 0.2) is 35.7 Å². The summed E-state index contributed by atoms with van der Waals surface area (Å²) in [4.78, 5) is 33.3. The third-order valence-corrected chi connectivity index (χ3v) is 5.88. The van der Waals surface area contributed by atoms with Crippen molar-refractivity contribution < 1.29 is 14.0 Å². The molecule has 7 nitrogen and oxygen atoms in total. The van der Waals surface area contributed by atoms with E-state index in [1.807, 2.05) is 17.0 Å². The Balaban J connectivity index is 1.40. The Morgan fingerprint density at radius 1 is 1.29 bits per heavy atom. The molecule has 1 amide bonds. The van der Waals surface area contributed by atoms with E-state index in [0.717, 1.165) is 12.0 Å². The van der Waals surface area contributed by atoms with Crippen molar-refractivity contribution in [2.45, 2.75) is 30.3 Å². The second-order valence-electron chi connectivity index (χ2n) is 6.88. The van der Waals surface area contributed by atoms with Crippen LogP contribution in [0.5, 0.6) is 0 Å². The van der Waals surface area contributed by atoms with Crippen molar-refractivity contribution in [2.24, 2.45) is 5.92 Å². The van der Waals surface area contributed by atoms with Crippen LogP contribution in [-0.4, -0.2) is 51.9 Å². The molecule has 9 heteroatoms. The molecule has 2 fully saturated rings. The molecule has 4 rings (SSSR count). The van der Waals surface area contributed by atoms with Crippen LogP contribution in [-0.2, 0) is 9.63 Å². The molecule has 28 heavy (non-hydrogen) atoms. The van der Waals surface area contributed by atoms with Crippen LogP contribution in [0.1, 0.15) is 30.9 Å². The van der Waals surface area contributed by atoms with Crippen LogP contribution < -0.4 is 4.90 Å². The number of hydrogen-bond acceptors (Lipinski definition) is 7. The highest BCUT2D eigenvalue weighted by atomic mass is 32.2. The summed E-state index contributed by atoms with van der Waals surface area (Å²) in [5, 5.41) is 1.88. The van der Waals surface area contributed by atoms with Crippen LogP contribution in [0.2, 0.25) is 0 Å². The lowest BCUT2D eigenvalue weighted by atomic mass is 9.95. The number of carbonyl (C=O) groups excluding carboxylic acids is 1. The van der Waals surface area contributed by atoms with Gasteiger partial charge in [0.05, 0.1) is 18.8 Å². The fourth-order valence-corrected chi connectivity index (χ4v) is 4.13. The summed E-state index contributed by atoms with van der Waals surface area (Å²) in [5.41, 5.74) is 0.995. The lowest BCUT2D eigenvalue weighted by Crippen LogP contribution is -2.42. The van der Waals surface area contributed by atoms with Crippen LogP contribution in [0, 0.1) is 11.7 Å². The van der Waals surface area contributed by atoms with Gasteiger partial charge in [-0.3, -0.25) is 14.6 Å². The van der Waals surface area contributed by atoms with E-state index in [0.29, 0.717) is 43.5 Å². The van der Waals surface area contributed by atoms with Gasteiger partial charge in [0.25, 0.3) is 0 Å². The van der Waals surface area contributed by atoms with E-state index in [4.69, 9.17) is 4.84 Å². The molecule has 0 unspecified atom stereocenters. The summed E-state index contributed by atoms with van der Waals surface area (Å²) in [6.07, 6.45) is 8.66. The van der Waals surface area contributed by atoms with Gasteiger partial charge in [-0.2, -0.15) is 0 Å². The van der Waals surface area contributed by atoms with Gasteiger partial charge in [0, 0.05) is 37.8 Å². The number of hydroxylamine groups is 2. The molecule has 0 bridgehead atoms. The van der Waals surface area contributed by atoms with E-state index in [9.17, 15) is 9.18 Å². The largest absolute Gasteiger partial charge is 0.341 e. The zero-order chi connectivity index (χ0) is 19.5. The summed E-state index contributed by atoms with van der Waals surface area (Å²) >= 11 is 1.26. The van der Waals surface area contributed by atoms with Gasteiger partial charge in [0.1, 0.15) is 5.03 Å². The Morgan fingerprint density at radius 3 is 2.82 bits per heavy atom. The number of piperidine rings is 1. The zero-order valence-corrected chi connectivity index (χ0v) is 16.4. The van der Waals surface area contributed by atoms with E-state index in [1.54, 1.807) is 18.6 Å². The van der Waals surface area contributed by atoms with Crippen molar-refractivity contribution in [3.8, 4) is 0 Å². The minimum Gasteiger partial charge on any atom is -0.341 e.